The Balaban J connectivity index is 1.38. The molecular formula is C28H22ClIN4O3S. The Labute approximate surface area is 243 Å². The second kappa shape index (κ2) is 13.3. The minimum Gasteiger partial charge on any atom is -0.490 e. The maximum atomic E-state index is 12.6. The van der Waals surface area contributed by atoms with Crippen LogP contribution in [0.5, 0.6) is 11.5 Å². The van der Waals surface area contributed by atoms with E-state index < -0.39 is 0 Å². The number of halogens is 2. The lowest BCUT2D eigenvalue weighted by atomic mass is 10.1. The molecule has 10 heteroatoms. The van der Waals surface area contributed by atoms with Gasteiger partial charge in [0.05, 0.1) is 22.1 Å². The molecule has 1 aromatic heterocycles. The molecule has 0 atom stereocenters. The van der Waals surface area contributed by atoms with Gasteiger partial charge in [-0.1, -0.05) is 29.7 Å². The van der Waals surface area contributed by atoms with Crippen molar-refractivity contribution in [2.75, 3.05) is 18.5 Å². The van der Waals surface area contributed by atoms with Gasteiger partial charge in [-0.3, -0.25) is 4.79 Å². The minimum absolute atomic E-state index is 0.141. The number of hydrogen-bond acceptors (Lipinski definition) is 7. The number of anilines is 2. The monoisotopic (exact) mass is 656 g/mol. The molecule has 2 N–H and O–H groups in total. The normalized spacial score (nSPS) is 10.7. The summed E-state index contributed by atoms with van der Waals surface area (Å²) in [4.78, 5) is 17.2. The highest BCUT2D eigenvalue weighted by Crippen LogP contribution is 2.34. The molecule has 0 spiro atoms. The Morgan fingerprint density at radius 1 is 1.18 bits per heavy atom. The molecule has 192 valence electrons. The molecular weight excluding hydrogens is 635 g/mol. The molecule has 0 aliphatic heterocycles. The van der Waals surface area contributed by atoms with Gasteiger partial charge in [0.2, 0.25) is 0 Å². The molecule has 1 amide bonds. The fraction of sp³-hybridized carbons (Fsp3) is 0.107. The van der Waals surface area contributed by atoms with Crippen LogP contribution in [0.25, 0.3) is 11.3 Å². The van der Waals surface area contributed by atoms with Crippen LogP contribution in [0.1, 0.15) is 22.8 Å². The second-order valence-electron chi connectivity index (χ2n) is 7.70. The van der Waals surface area contributed by atoms with Gasteiger partial charge in [-0.15, -0.1) is 17.8 Å². The zero-order chi connectivity index (χ0) is 26.9. The van der Waals surface area contributed by atoms with Gasteiger partial charge < -0.3 is 14.8 Å². The van der Waals surface area contributed by atoms with Crippen molar-refractivity contribution in [3.8, 4) is 35.1 Å². The quantitative estimate of drug-likeness (QED) is 0.0833. The van der Waals surface area contributed by atoms with Crippen LogP contribution >= 0.6 is 45.5 Å². The van der Waals surface area contributed by atoms with E-state index in [4.69, 9.17) is 27.5 Å². The minimum atomic E-state index is -0.329. The molecule has 0 aliphatic carbocycles. The first-order valence-electron chi connectivity index (χ1n) is 11.4. The van der Waals surface area contributed by atoms with E-state index in [1.54, 1.807) is 24.4 Å². The van der Waals surface area contributed by atoms with E-state index in [1.807, 2.05) is 54.8 Å². The van der Waals surface area contributed by atoms with Gasteiger partial charge in [-0.05, 0) is 83.6 Å². The summed E-state index contributed by atoms with van der Waals surface area (Å²) >= 11 is 9.58. The Morgan fingerprint density at radius 2 is 1.95 bits per heavy atom. The van der Waals surface area contributed by atoms with E-state index in [1.165, 1.54) is 11.3 Å². The number of carbonyl (C=O) groups excluding carboxylic acids is 1. The van der Waals surface area contributed by atoms with Crippen LogP contribution in [0.15, 0.2) is 71.1 Å². The Bertz CT molecular complexity index is 1480. The second-order valence-corrected chi connectivity index (χ2v) is 10.2. The smallest absolute Gasteiger partial charge is 0.271 e. The first-order valence-corrected chi connectivity index (χ1v) is 13.7. The molecule has 38 heavy (non-hydrogen) atoms. The molecule has 0 radical (unpaired) electrons. The van der Waals surface area contributed by atoms with Gasteiger partial charge in [-0.2, -0.15) is 5.10 Å². The average Bonchev–Trinajstić information content (AvgIpc) is 3.38. The van der Waals surface area contributed by atoms with Crippen LogP contribution in [-0.4, -0.2) is 30.3 Å². The predicted octanol–water partition coefficient (Wildman–Crippen LogP) is 6.99. The van der Waals surface area contributed by atoms with E-state index >= 15 is 0 Å². The molecule has 3 aromatic carbocycles. The van der Waals surface area contributed by atoms with Crippen molar-refractivity contribution in [1.82, 2.24) is 10.4 Å². The summed E-state index contributed by atoms with van der Waals surface area (Å²) in [6.07, 6.45) is 6.85. The van der Waals surface area contributed by atoms with Crippen LogP contribution in [-0.2, 0) is 0 Å². The van der Waals surface area contributed by atoms with E-state index in [-0.39, 0.29) is 12.5 Å². The van der Waals surface area contributed by atoms with E-state index in [0.29, 0.717) is 28.7 Å². The highest BCUT2D eigenvalue weighted by molar-refractivity contribution is 14.1. The molecule has 1 heterocycles. The SMILES string of the molecule is C#CCOc1c(I)cc(/C=N\NC(=O)c2ccc(-c3csc(Nc4ccc(Cl)cc4)n3)cc2)cc1OCC. The first kappa shape index (κ1) is 27.4. The third kappa shape index (κ3) is 7.25. The largest absolute Gasteiger partial charge is 0.490 e. The lowest BCUT2D eigenvalue weighted by Gasteiger charge is -2.13. The number of hydrogen-bond donors (Lipinski definition) is 2. The van der Waals surface area contributed by atoms with Gasteiger partial charge in [0.15, 0.2) is 16.6 Å². The molecule has 4 rings (SSSR count). The van der Waals surface area contributed by atoms with Gasteiger partial charge in [0.1, 0.15) is 6.61 Å². The number of ether oxygens (including phenoxy) is 2. The highest BCUT2D eigenvalue weighted by atomic mass is 127. The molecule has 0 fully saturated rings. The fourth-order valence-electron chi connectivity index (χ4n) is 3.32. The maximum Gasteiger partial charge on any atom is 0.271 e. The lowest BCUT2D eigenvalue weighted by molar-refractivity contribution is 0.0955. The number of rotatable bonds is 10. The van der Waals surface area contributed by atoms with Crippen LogP contribution in [0.4, 0.5) is 10.8 Å². The van der Waals surface area contributed by atoms with Gasteiger partial charge in [0, 0.05) is 27.2 Å². The number of hydrazone groups is 1. The summed E-state index contributed by atoms with van der Waals surface area (Å²) in [6.45, 7) is 2.49. The Kier molecular flexibility index (Phi) is 9.59. The van der Waals surface area contributed by atoms with Gasteiger partial charge in [0.25, 0.3) is 5.91 Å². The Hall–Kier alpha value is -3.59. The van der Waals surface area contributed by atoms with Crippen LogP contribution < -0.4 is 20.2 Å². The molecule has 0 saturated carbocycles. The molecule has 4 aromatic rings. The summed E-state index contributed by atoms with van der Waals surface area (Å²) in [5.74, 6) is 3.27. The summed E-state index contributed by atoms with van der Waals surface area (Å²) in [6, 6.07) is 18.2. The molecule has 0 bridgehead atoms. The van der Waals surface area contributed by atoms with E-state index in [0.717, 1.165) is 31.2 Å². The molecule has 7 nitrogen and oxygen atoms in total. The Morgan fingerprint density at radius 3 is 2.66 bits per heavy atom. The van der Waals surface area contributed by atoms with Crippen molar-refractivity contribution in [2.24, 2.45) is 5.10 Å². The number of nitrogens with one attached hydrogen (secondary N) is 2. The zero-order valence-electron chi connectivity index (χ0n) is 20.2. The fourth-order valence-corrected chi connectivity index (χ4v) is 4.97. The lowest BCUT2D eigenvalue weighted by Crippen LogP contribution is -2.17. The standard InChI is InChI=1S/C28H22ClIN4O3S/c1-3-13-37-26-23(30)14-18(15-25(26)36-4-2)16-31-34-27(35)20-7-5-19(6-8-20)24-17-38-28(33-24)32-22-11-9-21(29)10-12-22/h1,5-12,14-17H,4,13H2,2H3,(H,32,33)(H,34,35)/b31-16-. The first-order chi connectivity index (χ1) is 18.5. The van der Waals surface area contributed by atoms with Crippen molar-refractivity contribution in [2.45, 2.75) is 6.92 Å². The maximum absolute atomic E-state index is 12.6. The highest BCUT2D eigenvalue weighted by Gasteiger charge is 2.12. The summed E-state index contributed by atoms with van der Waals surface area (Å²) in [5.41, 5.74) is 6.39. The number of carbonyl (C=O) groups is 1. The van der Waals surface area contributed by atoms with Crippen LogP contribution in [0, 0.1) is 15.9 Å². The molecule has 0 saturated heterocycles. The third-order valence-corrected chi connectivity index (χ3v) is 6.86. The topological polar surface area (TPSA) is 84.8 Å². The molecule has 0 aliphatic rings. The number of benzene rings is 3. The van der Waals surface area contributed by atoms with Crippen molar-refractivity contribution in [1.29, 1.82) is 0 Å². The van der Waals surface area contributed by atoms with Gasteiger partial charge in [-0.25, -0.2) is 10.4 Å². The number of aromatic nitrogens is 1. The zero-order valence-corrected chi connectivity index (χ0v) is 23.9. The molecule has 0 unspecified atom stereocenters. The number of thiazole rings is 1. The predicted molar refractivity (Wildman–Crippen MR) is 162 cm³/mol. The van der Waals surface area contributed by atoms with Crippen molar-refractivity contribution >= 4 is 68.5 Å². The van der Waals surface area contributed by atoms with Crippen molar-refractivity contribution in [3.63, 3.8) is 0 Å². The van der Waals surface area contributed by atoms with Gasteiger partial charge >= 0.3 is 0 Å². The number of nitrogens with zero attached hydrogens (tertiary/aromatic N) is 2. The summed E-state index contributed by atoms with van der Waals surface area (Å²) < 4.78 is 12.1. The van der Waals surface area contributed by atoms with E-state index in [9.17, 15) is 4.79 Å². The summed E-state index contributed by atoms with van der Waals surface area (Å²) in [7, 11) is 0. The van der Waals surface area contributed by atoms with Crippen molar-refractivity contribution < 1.29 is 14.3 Å². The van der Waals surface area contributed by atoms with Crippen LogP contribution in [0.2, 0.25) is 5.02 Å². The number of terminal acetylenes is 1. The average molecular weight is 657 g/mol. The van der Waals surface area contributed by atoms with Crippen molar-refractivity contribution in [3.05, 3.63) is 85.8 Å². The number of amides is 1. The third-order valence-electron chi connectivity index (χ3n) is 5.05. The summed E-state index contributed by atoms with van der Waals surface area (Å²) in [5, 5.41) is 10.8. The van der Waals surface area contributed by atoms with Crippen LogP contribution in [0.3, 0.4) is 0 Å². The van der Waals surface area contributed by atoms with E-state index in [2.05, 4.69) is 49.3 Å².